The van der Waals surface area contributed by atoms with Gasteiger partial charge in [0.05, 0.1) is 18.7 Å². The summed E-state index contributed by atoms with van der Waals surface area (Å²) >= 11 is 0. The van der Waals surface area contributed by atoms with E-state index in [1.807, 2.05) is 26.2 Å². The number of benzene rings is 2. The molecule has 248 valence electrons. The minimum atomic E-state index is -0.470. The van der Waals surface area contributed by atoms with E-state index in [1.165, 1.54) is 18.9 Å². The molecule has 3 atom stereocenters. The summed E-state index contributed by atoms with van der Waals surface area (Å²) in [6.45, 7) is 7.68. The highest BCUT2D eigenvalue weighted by Gasteiger charge is 2.52. The molecular formula is C37H50FN5O3. The second kappa shape index (κ2) is 15.0. The number of likely N-dealkylation sites (tertiary alicyclic amines) is 1. The number of hydrogen-bond donors (Lipinski definition) is 1. The lowest BCUT2D eigenvalue weighted by molar-refractivity contribution is -0.142. The molecule has 2 aromatic carbocycles. The van der Waals surface area contributed by atoms with Gasteiger partial charge >= 0.3 is 5.97 Å². The average molecular weight is 632 g/mol. The van der Waals surface area contributed by atoms with Gasteiger partial charge in [-0.3, -0.25) is 9.59 Å². The fraction of sp³-hybridized carbons (Fsp3) is 0.595. The maximum Gasteiger partial charge on any atom is 0.305 e. The summed E-state index contributed by atoms with van der Waals surface area (Å²) in [6.07, 6.45) is 5.15. The van der Waals surface area contributed by atoms with E-state index in [0.29, 0.717) is 18.9 Å². The summed E-state index contributed by atoms with van der Waals surface area (Å²) in [6, 6.07) is 15.5. The highest BCUT2D eigenvalue weighted by Crippen LogP contribution is 2.53. The molecular weight excluding hydrogens is 581 g/mol. The molecule has 2 aromatic rings. The molecule has 2 saturated heterocycles. The van der Waals surface area contributed by atoms with E-state index < -0.39 is 5.41 Å². The number of ether oxygens (including phenoxy) is 1. The number of anilines is 1. The van der Waals surface area contributed by atoms with Gasteiger partial charge < -0.3 is 24.8 Å². The molecule has 8 nitrogen and oxygen atoms in total. The zero-order valence-electron chi connectivity index (χ0n) is 27.9. The van der Waals surface area contributed by atoms with Crippen LogP contribution in [-0.4, -0.2) is 82.1 Å². The number of nitrogens with one attached hydrogen (secondary N) is 1. The topological polar surface area (TPSA) is 88.9 Å². The summed E-state index contributed by atoms with van der Waals surface area (Å²) in [5, 5.41) is 12.7. The molecule has 0 radical (unpaired) electrons. The molecule has 1 saturated carbocycles. The highest BCUT2D eigenvalue weighted by atomic mass is 19.1. The van der Waals surface area contributed by atoms with Gasteiger partial charge in [0, 0.05) is 63.1 Å². The first-order valence-corrected chi connectivity index (χ1v) is 16.8. The maximum atomic E-state index is 14.8. The lowest BCUT2D eigenvalue weighted by atomic mass is 9.57. The molecule has 0 spiro atoms. The monoisotopic (exact) mass is 631 g/mol. The van der Waals surface area contributed by atoms with E-state index in [2.05, 4.69) is 38.2 Å². The Labute approximate surface area is 273 Å². The van der Waals surface area contributed by atoms with Gasteiger partial charge in [-0.25, -0.2) is 4.39 Å². The summed E-state index contributed by atoms with van der Waals surface area (Å²) in [7, 11) is 5.48. The van der Waals surface area contributed by atoms with Crippen molar-refractivity contribution in [2.75, 3.05) is 65.4 Å². The molecule has 3 aliphatic rings. The molecule has 2 aliphatic heterocycles. The smallest absolute Gasteiger partial charge is 0.305 e. The van der Waals surface area contributed by atoms with Crippen molar-refractivity contribution in [2.24, 2.45) is 23.7 Å². The predicted octanol–water partition coefficient (Wildman–Crippen LogP) is 4.96. The minimum Gasteiger partial charge on any atom is -0.469 e. The van der Waals surface area contributed by atoms with Crippen molar-refractivity contribution in [1.29, 1.82) is 5.26 Å². The van der Waals surface area contributed by atoms with E-state index in [1.54, 1.807) is 19.1 Å². The molecule has 0 bridgehead atoms. The van der Waals surface area contributed by atoms with Crippen LogP contribution >= 0.6 is 0 Å². The van der Waals surface area contributed by atoms with E-state index in [-0.39, 0.29) is 35.4 Å². The number of methoxy groups -OCH3 is 1. The molecule has 1 N–H and O–H groups in total. The molecule has 1 aliphatic carbocycles. The van der Waals surface area contributed by atoms with Crippen molar-refractivity contribution >= 4 is 17.6 Å². The van der Waals surface area contributed by atoms with Crippen LogP contribution in [0.1, 0.15) is 62.1 Å². The normalized spacial score (nSPS) is 22.2. The molecule has 5 rings (SSSR count). The lowest BCUT2D eigenvalue weighted by Gasteiger charge is -2.51. The van der Waals surface area contributed by atoms with Gasteiger partial charge in [0.2, 0.25) is 5.91 Å². The Morgan fingerprint density at radius 3 is 2.52 bits per heavy atom. The van der Waals surface area contributed by atoms with Crippen LogP contribution in [0.5, 0.6) is 0 Å². The van der Waals surface area contributed by atoms with E-state index in [9.17, 15) is 19.2 Å². The first kappa shape index (κ1) is 33.9. The minimum absolute atomic E-state index is 0.0913. The predicted molar refractivity (Wildman–Crippen MR) is 178 cm³/mol. The summed E-state index contributed by atoms with van der Waals surface area (Å²) in [5.41, 5.74) is 3.45. The van der Waals surface area contributed by atoms with E-state index >= 15 is 0 Å². The zero-order chi connectivity index (χ0) is 32.8. The van der Waals surface area contributed by atoms with Crippen molar-refractivity contribution in [2.45, 2.75) is 57.4 Å². The molecule has 46 heavy (non-hydrogen) atoms. The number of hydrogen-bond acceptors (Lipinski definition) is 7. The highest BCUT2D eigenvalue weighted by molar-refractivity contribution is 5.73. The summed E-state index contributed by atoms with van der Waals surface area (Å²) in [4.78, 5) is 31.9. The number of rotatable bonds is 12. The molecule has 2 heterocycles. The number of esters is 1. The Kier molecular flexibility index (Phi) is 11.0. The van der Waals surface area contributed by atoms with Crippen LogP contribution in [0.3, 0.4) is 0 Å². The van der Waals surface area contributed by atoms with Gasteiger partial charge in [-0.05, 0) is 112 Å². The van der Waals surface area contributed by atoms with Gasteiger partial charge in [0.15, 0.2) is 0 Å². The third kappa shape index (κ3) is 7.56. The second-order valence-corrected chi connectivity index (χ2v) is 14.1. The molecule has 0 unspecified atom stereocenters. The zero-order valence-corrected chi connectivity index (χ0v) is 27.9. The van der Waals surface area contributed by atoms with Gasteiger partial charge in [0.1, 0.15) is 5.82 Å². The molecule has 0 aromatic heterocycles. The Morgan fingerprint density at radius 2 is 1.87 bits per heavy atom. The third-order valence-corrected chi connectivity index (χ3v) is 10.8. The number of carbonyl (C=O) groups is 2. The van der Waals surface area contributed by atoms with Crippen LogP contribution in [0, 0.1) is 40.8 Å². The quantitative estimate of drug-likeness (QED) is 0.332. The molecule has 9 heteroatoms. The molecule has 1 amide bonds. The van der Waals surface area contributed by atoms with Gasteiger partial charge in [-0.1, -0.05) is 18.6 Å². The van der Waals surface area contributed by atoms with Crippen molar-refractivity contribution in [3.63, 3.8) is 0 Å². The van der Waals surface area contributed by atoms with Crippen LogP contribution in [0.15, 0.2) is 42.5 Å². The first-order valence-electron chi connectivity index (χ1n) is 16.8. The number of nitrogens with zero attached hydrogens (tertiary/aromatic N) is 4. The number of nitriles is 1. The Morgan fingerprint density at radius 1 is 1.11 bits per heavy atom. The van der Waals surface area contributed by atoms with E-state index in [0.717, 1.165) is 88.1 Å². The van der Waals surface area contributed by atoms with Crippen molar-refractivity contribution < 1.29 is 18.7 Å². The number of piperidine rings is 1. The van der Waals surface area contributed by atoms with Crippen molar-refractivity contribution in [1.82, 2.24) is 15.1 Å². The molecule has 3 fully saturated rings. The average Bonchev–Trinajstić information content (AvgIpc) is 3.47. The van der Waals surface area contributed by atoms with Gasteiger partial charge in [0.25, 0.3) is 0 Å². The van der Waals surface area contributed by atoms with Gasteiger partial charge in [-0.15, -0.1) is 0 Å². The van der Waals surface area contributed by atoms with Gasteiger partial charge in [-0.2, -0.15) is 5.26 Å². The summed E-state index contributed by atoms with van der Waals surface area (Å²) in [5.74, 6) is 0.527. The van der Waals surface area contributed by atoms with Crippen molar-refractivity contribution in [3.8, 4) is 6.07 Å². The largest absolute Gasteiger partial charge is 0.469 e. The second-order valence-electron chi connectivity index (χ2n) is 14.1. The Hall–Kier alpha value is -3.48. The SMILES string of the molecule is COC(=O)C[C@H]1CCC[C@@H]1[C@](CNC(C)=O)(c1cccc(F)c1)C1CCN(CC2CN(c3ccc(C#N)c(CN(C)C)c3)C2)CC1. The number of carbonyl (C=O) groups excluding carboxylic acids is 2. The summed E-state index contributed by atoms with van der Waals surface area (Å²) < 4.78 is 19.9. The number of halogens is 1. The van der Waals surface area contributed by atoms with Crippen LogP contribution < -0.4 is 10.2 Å². The van der Waals surface area contributed by atoms with Crippen molar-refractivity contribution in [3.05, 3.63) is 65.0 Å². The van der Waals surface area contributed by atoms with Crippen LogP contribution in [-0.2, 0) is 26.3 Å². The van der Waals surface area contributed by atoms with Crippen LogP contribution in [0.4, 0.5) is 10.1 Å². The third-order valence-electron chi connectivity index (χ3n) is 10.8. The standard InChI is InChI=1S/C37H50FN5O3/c1-26(44)40-25-37(32-8-6-9-33(38)19-32,35-10-5-7-28(35)18-36(45)46-4)31-13-15-42(16-14-31)21-27-22-43(23-27)34-12-11-29(20-39)30(17-34)24-41(2)3/h6,8-9,11-12,17,19,27-28,31,35H,5,7,10,13-16,18,21-25H2,1-4H3,(H,40,44)/t28-,35+,37+/m1/s1. The lowest BCUT2D eigenvalue weighted by Crippen LogP contribution is -2.56. The fourth-order valence-corrected chi connectivity index (χ4v) is 8.68. The number of amides is 1. The fourth-order valence-electron chi connectivity index (χ4n) is 8.68. The van der Waals surface area contributed by atoms with Crippen LogP contribution in [0.2, 0.25) is 0 Å². The van der Waals surface area contributed by atoms with E-state index in [4.69, 9.17) is 4.74 Å². The first-order chi connectivity index (χ1) is 22.1. The van der Waals surface area contributed by atoms with Crippen LogP contribution in [0.25, 0.3) is 0 Å². The maximum absolute atomic E-state index is 14.8. The Bertz CT molecular complexity index is 1410. The Balaban J connectivity index is 1.29.